The number of likely N-dealkylation sites (N-methyl/N-ethyl adjacent to an activating group) is 1. The van der Waals surface area contributed by atoms with E-state index in [4.69, 9.17) is 0 Å². The summed E-state index contributed by atoms with van der Waals surface area (Å²) in [6, 6.07) is -0.127. The molecule has 1 atom stereocenters. The van der Waals surface area contributed by atoms with E-state index in [2.05, 4.69) is 10.6 Å². The molecular weight excluding hydrogens is 246 g/mol. The Hall–Kier alpha value is -1.43. The first-order chi connectivity index (χ1) is 9.08. The molecule has 2 rings (SSSR count). The summed E-state index contributed by atoms with van der Waals surface area (Å²) < 4.78 is 0. The lowest BCUT2D eigenvalue weighted by molar-refractivity contribution is -0.148. The van der Waals surface area contributed by atoms with Gasteiger partial charge in [-0.05, 0) is 19.3 Å². The lowest BCUT2D eigenvalue weighted by Gasteiger charge is -2.28. The van der Waals surface area contributed by atoms with Gasteiger partial charge in [-0.3, -0.25) is 24.6 Å². The highest BCUT2D eigenvalue weighted by Gasteiger charge is 2.31. The lowest BCUT2D eigenvalue weighted by atomic mass is 10.0. The van der Waals surface area contributed by atoms with Crippen LogP contribution in [0.2, 0.25) is 0 Å². The minimum Gasteiger partial charge on any atom is -0.352 e. The first-order valence-electron chi connectivity index (χ1n) is 6.91. The molecule has 0 aromatic heterocycles. The van der Waals surface area contributed by atoms with Gasteiger partial charge in [-0.1, -0.05) is 12.8 Å². The van der Waals surface area contributed by atoms with E-state index in [-0.39, 0.29) is 24.3 Å². The van der Waals surface area contributed by atoms with Crippen molar-refractivity contribution in [3.05, 3.63) is 0 Å². The molecule has 1 unspecified atom stereocenters. The van der Waals surface area contributed by atoms with Crippen molar-refractivity contribution in [1.29, 1.82) is 0 Å². The second-order valence-corrected chi connectivity index (χ2v) is 5.31. The number of carbonyl (C=O) groups excluding carboxylic acids is 3. The van der Waals surface area contributed by atoms with Gasteiger partial charge in [-0.25, -0.2) is 0 Å². The molecule has 1 saturated carbocycles. The highest BCUT2D eigenvalue weighted by molar-refractivity contribution is 6.00. The van der Waals surface area contributed by atoms with Gasteiger partial charge >= 0.3 is 0 Å². The Morgan fingerprint density at radius 1 is 1.26 bits per heavy atom. The van der Waals surface area contributed by atoms with Gasteiger partial charge in [0.1, 0.15) is 0 Å². The number of nitrogens with zero attached hydrogens (tertiary/aromatic N) is 1. The molecule has 1 aliphatic heterocycles. The molecular formula is C13H21N3O3. The monoisotopic (exact) mass is 267 g/mol. The van der Waals surface area contributed by atoms with Crippen LogP contribution in [0, 0.1) is 0 Å². The van der Waals surface area contributed by atoms with Crippen molar-refractivity contribution in [2.24, 2.45) is 0 Å². The molecule has 0 radical (unpaired) electrons. The first kappa shape index (κ1) is 14.0. The zero-order valence-corrected chi connectivity index (χ0v) is 11.3. The highest BCUT2D eigenvalue weighted by Crippen LogP contribution is 2.17. The third-order valence-corrected chi connectivity index (χ3v) is 3.88. The Labute approximate surface area is 112 Å². The van der Waals surface area contributed by atoms with Gasteiger partial charge in [0.15, 0.2) is 0 Å². The zero-order valence-electron chi connectivity index (χ0n) is 11.3. The van der Waals surface area contributed by atoms with E-state index in [0.717, 1.165) is 17.7 Å². The third-order valence-electron chi connectivity index (χ3n) is 3.88. The molecule has 1 aliphatic carbocycles. The fourth-order valence-electron chi connectivity index (χ4n) is 2.67. The van der Waals surface area contributed by atoms with Crippen LogP contribution in [0.1, 0.15) is 38.5 Å². The molecule has 3 amide bonds. The van der Waals surface area contributed by atoms with Crippen LogP contribution in [0.3, 0.4) is 0 Å². The van der Waals surface area contributed by atoms with Crippen LogP contribution < -0.4 is 10.6 Å². The number of imide groups is 1. The summed E-state index contributed by atoms with van der Waals surface area (Å²) in [5.41, 5.74) is 0. The van der Waals surface area contributed by atoms with E-state index in [0.29, 0.717) is 18.9 Å². The second-order valence-electron chi connectivity index (χ2n) is 5.31. The number of likely N-dealkylation sites (tertiary alicyclic amines) is 1. The number of carbonyl (C=O) groups is 3. The van der Waals surface area contributed by atoms with Crippen LogP contribution in [0.25, 0.3) is 0 Å². The normalized spacial score (nSPS) is 24.9. The maximum absolute atomic E-state index is 11.8. The minimum absolute atomic E-state index is 0.0701. The summed E-state index contributed by atoms with van der Waals surface area (Å²) in [6.07, 6.45) is 5.26. The molecule has 106 valence electrons. The van der Waals surface area contributed by atoms with Crippen LogP contribution in [-0.4, -0.2) is 48.3 Å². The largest absolute Gasteiger partial charge is 0.352 e. The molecule has 2 aliphatic rings. The number of hydrogen-bond acceptors (Lipinski definition) is 4. The third kappa shape index (κ3) is 3.53. The van der Waals surface area contributed by atoms with Crippen LogP contribution >= 0.6 is 0 Å². The van der Waals surface area contributed by atoms with Crippen molar-refractivity contribution in [2.45, 2.75) is 50.6 Å². The van der Waals surface area contributed by atoms with Gasteiger partial charge in [0, 0.05) is 19.5 Å². The standard InChI is InChI=1S/C13H21N3O3/c1-16-12(18)7-6-10(13(16)19)14-8-11(17)15-9-4-2-3-5-9/h9-10,14H,2-8H2,1H3,(H,15,17). The maximum Gasteiger partial charge on any atom is 0.246 e. The summed E-state index contributed by atoms with van der Waals surface area (Å²) in [7, 11) is 1.48. The fourth-order valence-corrected chi connectivity index (χ4v) is 2.67. The molecule has 0 aromatic carbocycles. The molecule has 2 fully saturated rings. The summed E-state index contributed by atoms with van der Waals surface area (Å²) in [6.45, 7) is 0.134. The number of amides is 3. The summed E-state index contributed by atoms with van der Waals surface area (Å²) in [5.74, 6) is -0.470. The molecule has 0 bridgehead atoms. The zero-order chi connectivity index (χ0) is 13.8. The van der Waals surface area contributed by atoms with Crippen molar-refractivity contribution in [3.8, 4) is 0 Å². The van der Waals surface area contributed by atoms with E-state index in [9.17, 15) is 14.4 Å². The molecule has 6 heteroatoms. The predicted octanol–water partition coefficient (Wildman–Crippen LogP) is -0.218. The number of piperidine rings is 1. The average Bonchev–Trinajstić information content (AvgIpc) is 2.88. The molecule has 0 spiro atoms. The number of nitrogens with one attached hydrogen (secondary N) is 2. The second kappa shape index (κ2) is 6.14. The van der Waals surface area contributed by atoms with Gasteiger partial charge in [0.05, 0.1) is 12.6 Å². The topological polar surface area (TPSA) is 78.5 Å². The smallest absolute Gasteiger partial charge is 0.246 e. The molecule has 6 nitrogen and oxygen atoms in total. The molecule has 1 saturated heterocycles. The Bertz CT molecular complexity index is 377. The van der Waals surface area contributed by atoms with Crippen LogP contribution in [-0.2, 0) is 14.4 Å². The maximum atomic E-state index is 11.8. The molecule has 19 heavy (non-hydrogen) atoms. The van der Waals surface area contributed by atoms with Crippen molar-refractivity contribution < 1.29 is 14.4 Å². The quantitative estimate of drug-likeness (QED) is 0.690. The van der Waals surface area contributed by atoms with Gasteiger partial charge in [0.25, 0.3) is 0 Å². The lowest BCUT2D eigenvalue weighted by Crippen LogP contribution is -2.53. The molecule has 2 N–H and O–H groups in total. The molecule has 0 aromatic rings. The Kier molecular flexibility index (Phi) is 4.52. The minimum atomic E-state index is -0.419. The molecule has 1 heterocycles. The first-order valence-corrected chi connectivity index (χ1v) is 6.91. The van der Waals surface area contributed by atoms with E-state index in [1.54, 1.807) is 0 Å². The number of hydrogen-bond donors (Lipinski definition) is 2. The van der Waals surface area contributed by atoms with Crippen molar-refractivity contribution in [3.63, 3.8) is 0 Å². The SMILES string of the molecule is CN1C(=O)CCC(NCC(=O)NC2CCCC2)C1=O. The highest BCUT2D eigenvalue weighted by atomic mass is 16.2. The Morgan fingerprint density at radius 2 is 1.95 bits per heavy atom. The van der Waals surface area contributed by atoms with Crippen LogP contribution in [0.5, 0.6) is 0 Å². The van der Waals surface area contributed by atoms with Gasteiger partial charge in [-0.15, -0.1) is 0 Å². The van der Waals surface area contributed by atoms with E-state index in [1.807, 2.05) is 0 Å². The Morgan fingerprint density at radius 3 is 2.63 bits per heavy atom. The predicted molar refractivity (Wildman–Crippen MR) is 69.2 cm³/mol. The fraction of sp³-hybridized carbons (Fsp3) is 0.769. The number of rotatable bonds is 4. The summed E-state index contributed by atoms with van der Waals surface area (Å²) >= 11 is 0. The van der Waals surface area contributed by atoms with Crippen molar-refractivity contribution >= 4 is 17.7 Å². The van der Waals surface area contributed by atoms with Gasteiger partial charge < -0.3 is 5.32 Å². The van der Waals surface area contributed by atoms with Crippen molar-refractivity contribution in [1.82, 2.24) is 15.5 Å². The van der Waals surface area contributed by atoms with E-state index in [1.165, 1.54) is 19.9 Å². The van der Waals surface area contributed by atoms with E-state index < -0.39 is 6.04 Å². The Balaban J connectivity index is 1.74. The van der Waals surface area contributed by atoms with Crippen LogP contribution in [0.15, 0.2) is 0 Å². The van der Waals surface area contributed by atoms with Crippen LogP contribution in [0.4, 0.5) is 0 Å². The summed E-state index contributed by atoms with van der Waals surface area (Å²) in [5, 5.41) is 5.90. The van der Waals surface area contributed by atoms with Gasteiger partial charge in [0.2, 0.25) is 17.7 Å². The van der Waals surface area contributed by atoms with E-state index >= 15 is 0 Å². The van der Waals surface area contributed by atoms with Gasteiger partial charge in [-0.2, -0.15) is 0 Å². The average molecular weight is 267 g/mol. The summed E-state index contributed by atoms with van der Waals surface area (Å²) in [4.78, 5) is 36.0. The van der Waals surface area contributed by atoms with Crippen molar-refractivity contribution in [2.75, 3.05) is 13.6 Å².